The van der Waals surface area contributed by atoms with Crippen LogP contribution < -0.4 is 10.1 Å². The monoisotopic (exact) mass is 328 g/mol. The van der Waals surface area contributed by atoms with Crippen molar-refractivity contribution >= 4 is 17.7 Å². The van der Waals surface area contributed by atoms with E-state index < -0.39 is 0 Å². The first-order valence-corrected chi connectivity index (χ1v) is 8.00. The van der Waals surface area contributed by atoms with Crippen molar-refractivity contribution in [3.05, 3.63) is 42.0 Å². The van der Waals surface area contributed by atoms with Crippen molar-refractivity contribution in [2.45, 2.75) is 19.4 Å². The standard InChI is InChI=1S/C18H20N2O4/c1-24-13-6-4-5-12(9-13)10-19-16(21)11-20-17(22)14-7-2-3-8-15(14)18(20)23/h2-6,9,14-15H,7-8,10-11H2,1H3,(H,19,21)/t14-,15+. The lowest BCUT2D eigenvalue weighted by Gasteiger charge is -2.14. The van der Waals surface area contributed by atoms with Crippen LogP contribution in [0, 0.1) is 11.8 Å². The normalized spacial score (nSPS) is 22.5. The number of amides is 3. The van der Waals surface area contributed by atoms with Crippen LogP contribution >= 0.6 is 0 Å². The van der Waals surface area contributed by atoms with Gasteiger partial charge in [0.05, 0.1) is 18.9 Å². The van der Waals surface area contributed by atoms with E-state index in [-0.39, 0.29) is 36.1 Å². The molecule has 6 heteroatoms. The fraction of sp³-hybridized carbons (Fsp3) is 0.389. The minimum atomic E-state index is -0.342. The summed E-state index contributed by atoms with van der Waals surface area (Å²) in [5.41, 5.74) is 0.889. The van der Waals surface area contributed by atoms with Crippen molar-refractivity contribution < 1.29 is 19.1 Å². The first-order chi connectivity index (χ1) is 11.6. The summed E-state index contributed by atoms with van der Waals surface area (Å²) in [6.45, 7) is 0.106. The highest BCUT2D eigenvalue weighted by molar-refractivity contribution is 6.07. The van der Waals surface area contributed by atoms with Crippen LogP contribution in [0.3, 0.4) is 0 Å². The van der Waals surface area contributed by atoms with E-state index >= 15 is 0 Å². The Morgan fingerprint density at radius 1 is 1.21 bits per heavy atom. The maximum absolute atomic E-state index is 12.3. The third-order valence-electron chi connectivity index (χ3n) is 4.52. The summed E-state index contributed by atoms with van der Waals surface area (Å²) in [4.78, 5) is 37.9. The number of hydrogen-bond acceptors (Lipinski definition) is 4. The van der Waals surface area contributed by atoms with Gasteiger partial charge >= 0.3 is 0 Å². The van der Waals surface area contributed by atoms with Gasteiger partial charge in [0.2, 0.25) is 17.7 Å². The summed E-state index contributed by atoms with van der Waals surface area (Å²) in [5.74, 6) is -0.687. The second kappa shape index (κ2) is 6.86. The quantitative estimate of drug-likeness (QED) is 0.652. The number of likely N-dealkylation sites (tertiary alicyclic amines) is 1. The Bertz CT molecular complexity index is 672. The zero-order chi connectivity index (χ0) is 17.1. The highest BCUT2D eigenvalue weighted by Crippen LogP contribution is 2.34. The summed E-state index contributed by atoms with van der Waals surface area (Å²) in [6.07, 6.45) is 5.02. The predicted octanol–water partition coefficient (Wildman–Crippen LogP) is 1.26. The molecule has 1 aliphatic carbocycles. The molecule has 3 amide bonds. The van der Waals surface area contributed by atoms with E-state index in [0.717, 1.165) is 10.5 Å². The maximum Gasteiger partial charge on any atom is 0.240 e. The molecular formula is C18H20N2O4. The van der Waals surface area contributed by atoms with Crippen LogP contribution in [0.5, 0.6) is 5.75 Å². The van der Waals surface area contributed by atoms with Gasteiger partial charge in [0.1, 0.15) is 12.3 Å². The van der Waals surface area contributed by atoms with Crippen molar-refractivity contribution in [1.82, 2.24) is 10.2 Å². The molecule has 0 spiro atoms. The topological polar surface area (TPSA) is 75.7 Å². The van der Waals surface area contributed by atoms with Gasteiger partial charge in [-0.05, 0) is 30.5 Å². The zero-order valence-corrected chi connectivity index (χ0v) is 13.5. The number of benzene rings is 1. The Kier molecular flexibility index (Phi) is 4.64. The van der Waals surface area contributed by atoms with Gasteiger partial charge in [-0.15, -0.1) is 0 Å². The third kappa shape index (κ3) is 3.18. The summed E-state index contributed by atoms with van der Waals surface area (Å²) in [6, 6.07) is 7.36. The van der Waals surface area contributed by atoms with Crippen molar-refractivity contribution in [2.75, 3.05) is 13.7 Å². The molecule has 1 fully saturated rings. The minimum absolute atomic E-state index is 0.214. The van der Waals surface area contributed by atoms with E-state index in [1.807, 2.05) is 36.4 Å². The molecule has 2 atom stereocenters. The van der Waals surface area contributed by atoms with Crippen LogP contribution in [0.25, 0.3) is 0 Å². The van der Waals surface area contributed by atoms with Crippen LogP contribution in [-0.2, 0) is 20.9 Å². The molecule has 126 valence electrons. The van der Waals surface area contributed by atoms with Gasteiger partial charge in [-0.25, -0.2) is 0 Å². The number of rotatable bonds is 5. The smallest absolute Gasteiger partial charge is 0.240 e. The fourth-order valence-electron chi connectivity index (χ4n) is 3.21. The molecule has 0 unspecified atom stereocenters. The Morgan fingerprint density at radius 3 is 2.50 bits per heavy atom. The number of nitrogens with one attached hydrogen (secondary N) is 1. The molecule has 0 saturated carbocycles. The molecule has 2 aliphatic rings. The lowest BCUT2D eigenvalue weighted by molar-refractivity contribution is -0.143. The molecule has 1 saturated heterocycles. The highest BCUT2D eigenvalue weighted by atomic mass is 16.5. The number of carbonyl (C=O) groups excluding carboxylic acids is 3. The summed E-state index contributed by atoms with van der Waals surface area (Å²) < 4.78 is 5.14. The molecule has 1 N–H and O–H groups in total. The summed E-state index contributed by atoms with van der Waals surface area (Å²) in [5, 5.41) is 2.74. The number of methoxy groups -OCH3 is 1. The summed E-state index contributed by atoms with van der Waals surface area (Å²) >= 11 is 0. The molecular weight excluding hydrogens is 308 g/mol. The van der Waals surface area contributed by atoms with Gasteiger partial charge in [0.25, 0.3) is 0 Å². The molecule has 1 aromatic carbocycles. The van der Waals surface area contributed by atoms with Crippen molar-refractivity contribution in [2.24, 2.45) is 11.8 Å². The molecule has 1 aliphatic heterocycles. The number of nitrogens with zero attached hydrogens (tertiary/aromatic N) is 1. The number of imide groups is 1. The zero-order valence-electron chi connectivity index (χ0n) is 13.5. The predicted molar refractivity (Wildman–Crippen MR) is 86.9 cm³/mol. The SMILES string of the molecule is COc1cccc(CNC(=O)CN2C(=O)[C@H]3CC=CC[C@H]3C2=O)c1. The van der Waals surface area contributed by atoms with E-state index in [1.54, 1.807) is 7.11 Å². The molecule has 6 nitrogen and oxygen atoms in total. The molecule has 1 aromatic rings. The van der Waals surface area contributed by atoms with Gasteiger partial charge in [0.15, 0.2) is 0 Å². The molecule has 24 heavy (non-hydrogen) atoms. The van der Waals surface area contributed by atoms with Crippen molar-refractivity contribution in [3.8, 4) is 5.75 Å². The maximum atomic E-state index is 12.3. The molecule has 1 heterocycles. The van der Waals surface area contributed by atoms with Crippen LogP contribution in [0.4, 0.5) is 0 Å². The number of fused-ring (bicyclic) bond motifs is 1. The largest absolute Gasteiger partial charge is 0.497 e. The average molecular weight is 328 g/mol. The van der Waals surface area contributed by atoms with Gasteiger partial charge in [0, 0.05) is 6.54 Å². The van der Waals surface area contributed by atoms with E-state index in [2.05, 4.69) is 5.32 Å². The van der Waals surface area contributed by atoms with Crippen LogP contribution in [0.15, 0.2) is 36.4 Å². The highest BCUT2D eigenvalue weighted by Gasteiger charge is 2.47. The molecule has 0 aromatic heterocycles. The third-order valence-corrected chi connectivity index (χ3v) is 4.52. The second-order valence-electron chi connectivity index (χ2n) is 6.05. The Morgan fingerprint density at radius 2 is 1.88 bits per heavy atom. The van der Waals surface area contributed by atoms with Gasteiger partial charge in [-0.2, -0.15) is 0 Å². The van der Waals surface area contributed by atoms with Crippen molar-refractivity contribution in [3.63, 3.8) is 0 Å². The van der Waals surface area contributed by atoms with E-state index in [1.165, 1.54) is 0 Å². The van der Waals surface area contributed by atoms with Gasteiger partial charge < -0.3 is 10.1 Å². The van der Waals surface area contributed by atoms with Crippen LogP contribution in [0.2, 0.25) is 0 Å². The van der Waals surface area contributed by atoms with E-state index in [4.69, 9.17) is 4.74 Å². The second-order valence-corrected chi connectivity index (χ2v) is 6.05. The van der Waals surface area contributed by atoms with Crippen LogP contribution in [-0.4, -0.2) is 36.3 Å². The Balaban J connectivity index is 1.57. The van der Waals surface area contributed by atoms with Gasteiger partial charge in [-0.3, -0.25) is 19.3 Å². The Labute approximate surface area is 140 Å². The van der Waals surface area contributed by atoms with E-state index in [0.29, 0.717) is 25.1 Å². The number of hydrogen-bond donors (Lipinski definition) is 1. The molecule has 0 bridgehead atoms. The summed E-state index contributed by atoms with van der Waals surface area (Å²) in [7, 11) is 1.58. The van der Waals surface area contributed by atoms with E-state index in [9.17, 15) is 14.4 Å². The van der Waals surface area contributed by atoms with Gasteiger partial charge in [-0.1, -0.05) is 24.3 Å². The first-order valence-electron chi connectivity index (χ1n) is 8.00. The first kappa shape index (κ1) is 16.2. The number of allylic oxidation sites excluding steroid dienone is 2. The lowest BCUT2D eigenvalue weighted by atomic mass is 9.85. The molecule has 3 rings (SSSR count). The average Bonchev–Trinajstić information content (AvgIpc) is 2.85. The molecule has 0 radical (unpaired) electrons. The van der Waals surface area contributed by atoms with Crippen LogP contribution in [0.1, 0.15) is 18.4 Å². The van der Waals surface area contributed by atoms with Crippen molar-refractivity contribution in [1.29, 1.82) is 0 Å². The minimum Gasteiger partial charge on any atom is -0.497 e. The lowest BCUT2D eigenvalue weighted by Crippen LogP contribution is -2.40. The fourth-order valence-corrected chi connectivity index (χ4v) is 3.21. The number of carbonyl (C=O) groups is 3. The number of ether oxygens (including phenoxy) is 1. The Hall–Kier alpha value is -2.63.